The number of nitrogens with zero attached hydrogens (tertiary/aromatic N) is 1. The average Bonchev–Trinajstić information content (AvgIpc) is 3.00. The topological polar surface area (TPSA) is 24.9 Å². The van der Waals surface area contributed by atoms with E-state index in [9.17, 15) is 0 Å². The van der Waals surface area contributed by atoms with E-state index in [0.717, 1.165) is 19.4 Å². The van der Waals surface area contributed by atoms with E-state index in [1.54, 1.807) is 11.3 Å². The van der Waals surface area contributed by atoms with Gasteiger partial charge < -0.3 is 5.32 Å². The molecule has 3 aromatic rings. The first-order valence-corrected chi connectivity index (χ1v) is 8.31. The Hall–Kier alpha value is -1.71. The molecule has 0 spiro atoms. The van der Waals surface area contributed by atoms with E-state index in [4.69, 9.17) is 0 Å². The molecular weight excluding hydrogens is 276 g/mol. The van der Waals surface area contributed by atoms with Crippen molar-refractivity contribution < 1.29 is 0 Å². The van der Waals surface area contributed by atoms with Crippen molar-refractivity contribution >= 4 is 22.1 Å². The van der Waals surface area contributed by atoms with Crippen LogP contribution in [0.2, 0.25) is 0 Å². The minimum absolute atomic E-state index is 0.469. The molecule has 1 unspecified atom stereocenters. The number of fused-ring (bicyclic) bond motifs is 1. The van der Waals surface area contributed by atoms with Crippen LogP contribution in [0.25, 0.3) is 10.8 Å². The maximum atomic E-state index is 4.17. The zero-order valence-electron chi connectivity index (χ0n) is 12.3. The van der Waals surface area contributed by atoms with E-state index in [2.05, 4.69) is 59.7 Å². The van der Waals surface area contributed by atoms with Crippen molar-refractivity contribution in [1.29, 1.82) is 0 Å². The summed E-state index contributed by atoms with van der Waals surface area (Å²) in [7, 11) is 0. The third-order valence-electron chi connectivity index (χ3n) is 3.72. The lowest BCUT2D eigenvalue weighted by molar-refractivity contribution is 0.524. The first kappa shape index (κ1) is 14.2. The first-order valence-electron chi connectivity index (χ1n) is 7.43. The molecular formula is C18H20N2S. The largest absolute Gasteiger partial charge is 0.314 e. The van der Waals surface area contributed by atoms with Crippen LogP contribution in [0.4, 0.5) is 0 Å². The van der Waals surface area contributed by atoms with Crippen molar-refractivity contribution in [3.8, 4) is 0 Å². The van der Waals surface area contributed by atoms with E-state index in [1.165, 1.54) is 21.2 Å². The van der Waals surface area contributed by atoms with Gasteiger partial charge in [0, 0.05) is 17.1 Å². The van der Waals surface area contributed by atoms with Gasteiger partial charge in [0.25, 0.3) is 0 Å². The van der Waals surface area contributed by atoms with Crippen LogP contribution in [-0.4, -0.2) is 17.6 Å². The lowest BCUT2D eigenvalue weighted by Gasteiger charge is -2.17. The fourth-order valence-corrected chi connectivity index (χ4v) is 3.42. The standard InChI is InChI=1S/C18H20N2S/c1-2-20-17(11-18-12-19-13-21-18)10-14-7-8-15-5-3-4-6-16(15)9-14/h3-9,12-13,17,20H,2,10-11H2,1H3. The summed E-state index contributed by atoms with van der Waals surface area (Å²) in [6, 6.07) is 15.8. The molecule has 1 heterocycles. The van der Waals surface area contributed by atoms with E-state index in [1.807, 2.05) is 11.7 Å². The molecule has 0 aliphatic heterocycles. The van der Waals surface area contributed by atoms with Crippen LogP contribution in [0.15, 0.2) is 54.2 Å². The van der Waals surface area contributed by atoms with Crippen LogP contribution < -0.4 is 5.32 Å². The Bertz CT molecular complexity index is 691. The quantitative estimate of drug-likeness (QED) is 0.742. The molecule has 0 saturated heterocycles. The summed E-state index contributed by atoms with van der Waals surface area (Å²) in [4.78, 5) is 5.52. The minimum Gasteiger partial charge on any atom is -0.314 e. The molecule has 0 amide bonds. The lowest BCUT2D eigenvalue weighted by atomic mass is 9.99. The molecule has 3 rings (SSSR count). The Morgan fingerprint density at radius 3 is 2.71 bits per heavy atom. The average molecular weight is 296 g/mol. The third kappa shape index (κ3) is 3.69. The van der Waals surface area contributed by atoms with Gasteiger partial charge in [-0.05, 0) is 35.7 Å². The SMILES string of the molecule is CCNC(Cc1ccc2ccccc2c1)Cc1cncs1. The van der Waals surface area contributed by atoms with Gasteiger partial charge >= 0.3 is 0 Å². The fourth-order valence-electron chi connectivity index (χ4n) is 2.74. The Morgan fingerprint density at radius 1 is 1.10 bits per heavy atom. The summed E-state index contributed by atoms with van der Waals surface area (Å²) in [5, 5.41) is 6.23. The highest BCUT2D eigenvalue weighted by molar-refractivity contribution is 7.09. The lowest BCUT2D eigenvalue weighted by Crippen LogP contribution is -2.32. The number of hydrogen-bond donors (Lipinski definition) is 1. The summed E-state index contributed by atoms with van der Waals surface area (Å²) in [6.45, 7) is 3.16. The number of hydrogen-bond acceptors (Lipinski definition) is 3. The molecule has 21 heavy (non-hydrogen) atoms. The smallest absolute Gasteiger partial charge is 0.0794 e. The molecule has 2 aromatic carbocycles. The predicted octanol–water partition coefficient (Wildman–Crippen LogP) is 4.06. The van der Waals surface area contributed by atoms with Gasteiger partial charge in [-0.25, -0.2) is 0 Å². The highest BCUT2D eigenvalue weighted by Gasteiger charge is 2.11. The second-order valence-electron chi connectivity index (χ2n) is 5.31. The zero-order valence-corrected chi connectivity index (χ0v) is 13.1. The van der Waals surface area contributed by atoms with E-state index in [-0.39, 0.29) is 0 Å². The highest BCUT2D eigenvalue weighted by Crippen LogP contribution is 2.18. The van der Waals surface area contributed by atoms with E-state index >= 15 is 0 Å². The van der Waals surface area contributed by atoms with Crippen molar-refractivity contribution in [3.63, 3.8) is 0 Å². The highest BCUT2D eigenvalue weighted by atomic mass is 32.1. The number of benzene rings is 2. The van der Waals surface area contributed by atoms with Gasteiger partial charge in [0.2, 0.25) is 0 Å². The van der Waals surface area contributed by atoms with E-state index < -0.39 is 0 Å². The molecule has 0 aliphatic rings. The van der Waals surface area contributed by atoms with Gasteiger partial charge in [0.05, 0.1) is 5.51 Å². The normalized spacial score (nSPS) is 12.6. The van der Waals surface area contributed by atoms with Gasteiger partial charge in [-0.3, -0.25) is 4.98 Å². The maximum Gasteiger partial charge on any atom is 0.0794 e. The van der Waals surface area contributed by atoms with Crippen LogP contribution in [0.5, 0.6) is 0 Å². The fraction of sp³-hybridized carbons (Fsp3) is 0.278. The number of nitrogens with one attached hydrogen (secondary N) is 1. The van der Waals surface area contributed by atoms with Crippen LogP contribution in [0, 0.1) is 0 Å². The maximum absolute atomic E-state index is 4.17. The molecule has 108 valence electrons. The van der Waals surface area contributed by atoms with Gasteiger partial charge in [-0.15, -0.1) is 11.3 Å². The van der Waals surface area contributed by atoms with Gasteiger partial charge in [0.15, 0.2) is 0 Å². The van der Waals surface area contributed by atoms with Crippen LogP contribution in [0.3, 0.4) is 0 Å². The Morgan fingerprint density at radius 2 is 1.95 bits per heavy atom. The second-order valence-corrected chi connectivity index (χ2v) is 6.28. The zero-order chi connectivity index (χ0) is 14.5. The van der Waals surface area contributed by atoms with Gasteiger partial charge in [-0.2, -0.15) is 0 Å². The molecule has 0 fully saturated rings. The summed E-state index contributed by atoms with van der Waals surface area (Å²) in [6.07, 6.45) is 4.08. The molecule has 0 bridgehead atoms. The summed E-state index contributed by atoms with van der Waals surface area (Å²) in [5.74, 6) is 0. The molecule has 0 radical (unpaired) electrons. The predicted molar refractivity (Wildman–Crippen MR) is 90.9 cm³/mol. The molecule has 0 saturated carbocycles. The van der Waals surface area contributed by atoms with Crippen LogP contribution in [0.1, 0.15) is 17.4 Å². The monoisotopic (exact) mass is 296 g/mol. The van der Waals surface area contributed by atoms with Crippen molar-refractivity contribution in [2.75, 3.05) is 6.54 Å². The number of thiazole rings is 1. The molecule has 0 aliphatic carbocycles. The molecule has 2 nitrogen and oxygen atoms in total. The Balaban J connectivity index is 1.76. The summed E-state index contributed by atoms with van der Waals surface area (Å²) in [5.41, 5.74) is 3.30. The van der Waals surface area contributed by atoms with E-state index in [0.29, 0.717) is 6.04 Å². The van der Waals surface area contributed by atoms with Crippen molar-refractivity contribution in [3.05, 3.63) is 64.6 Å². The Labute approximate surface area is 129 Å². The number of likely N-dealkylation sites (N-methyl/N-ethyl adjacent to an activating group) is 1. The molecule has 1 aromatic heterocycles. The van der Waals surface area contributed by atoms with Crippen molar-refractivity contribution in [2.24, 2.45) is 0 Å². The van der Waals surface area contributed by atoms with Crippen LogP contribution in [-0.2, 0) is 12.8 Å². The number of aromatic nitrogens is 1. The summed E-state index contributed by atoms with van der Waals surface area (Å²) >= 11 is 1.74. The molecule has 3 heteroatoms. The van der Waals surface area contributed by atoms with Gasteiger partial charge in [0.1, 0.15) is 0 Å². The first-order chi connectivity index (χ1) is 10.3. The van der Waals surface area contributed by atoms with Crippen LogP contribution >= 0.6 is 11.3 Å². The van der Waals surface area contributed by atoms with Crippen molar-refractivity contribution in [2.45, 2.75) is 25.8 Å². The minimum atomic E-state index is 0.469. The second kappa shape index (κ2) is 6.83. The van der Waals surface area contributed by atoms with Gasteiger partial charge in [-0.1, -0.05) is 49.4 Å². The molecule has 1 N–H and O–H groups in total. The van der Waals surface area contributed by atoms with Crippen molar-refractivity contribution in [1.82, 2.24) is 10.3 Å². The number of rotatable bonds is 6. The Kier molecular flexibility index (Phi) is 4.63. The summed E-state index contributed by atoms with van der Waals surface area (Å²) < 4.78 is 0. The molecule has 1 atom stereocenters. The third-order valence-corrected chi connectivity index (χ3v) is 4.52.